The second kappa shape index (κ2) is 17.2. The lowest BCUT2D eigenvalue weighted by molar-refractivity contribution is 0.768. The van der Waals surface area contributed by atoms with E-state index in [0.29, 0.717) is 0 Å². The van der Waals surface area contributed by atoms with Gasteiger partial charge in [0, 0.05) is 22.3 Å². The molecule has 12 aromatic carbocycles. The number of hydrogen-bond donors (Lipinski definition) is 0. The third-order valence-electron chi connectivity index (χ3n) is 14.5. The summed E-state index contributed by atoms with van der Waals surface area (Å²) in [4.78, 5) is 2.57. The molecule has 0 spiro atoms. The summed E-state index contributed by atoms with van der Waals surface area (Å²) < 4.78 is 0. The van der Waals surface area contributed by atoms with E-state index in [4.69, 9.17) is 0 Å². The smallest absolute Gasteiger partial charge is 0.0714 e. The number of hydrogen-bond acceptors (Lipinski definition) is 1. The van der Waals surface area contributed by atoms with Crippen molar-refractivity contribution in [2.24, 2.45) is 0 Å². The Morgan fingerprint density at radius 3 is 1.33 bits per heavy atom. The van der Waals surface area contributed by atoms with Gasteiger partial charge >= 0.3 is 0 Å². The summed E-state index contributed by atoms with van der Waals surface area (Å²) in [6, 6.07) is 105. The average Bonchev–Trinajstić information content (AvgIpc) is 3.74. The molecule has 12 aromatic rings. The number of nitrogens with zero attached hydrogens (tertiary/aromatic N) is 1. The van der Waals surface area contributed by atoms with Crippen molar-refractivity contribution in [1.82, 2.24) is 0 Å². The summed E-state index contributed by atoms with van der Waals surface area (Å²) in [5.74, 6) is 0. The van der Waals surface area contributed by atoms with E-state index in [1.165, 1.54) is 93.9 Å². The molecule has 0 heterocycles. The third kappa shape index (κ3) is 6.70. The molecule has 0 bridgehead atoms. The van der Waals surface area contributed by atoms with Crippen molar-refractivity contribution >= 4 is 38.6 Å². The van der Waals surface area contributed by atoms with Gasteiger partial charge in [-0.3, -0.25) is 0 Å². The lowest BCUT2D eigenvalue weighted by Gasteiger charge is -2.35. The Kier molecular flexibility index (Phi) is 10.1. The normalized spacial score (nSPS) is 12.4. The molecular formula is C69H47N. The van der Waals surface area contributed by atoms with Crippen molar-refractivity contribution in [2.45, 2.75) is 5.41 Å². The standard InChI is InChI=1S/C69H47N/c1-6-23-48(24-7-1)51-29-22-30-52(45-51)67-62-38-18-16-35-58(62)59-36-17-19-39-63(59)68(67)70(55-41-43-57(49-25-8-2-9-26-49)64(46-55)50-27-10-3-11-28-50)56-42-44-61-60-37-20-21-40-65(60)69(66(61)47-56,53-31-12-4-13-32-53)54-33-14-5-15-34-54/h1-47H. The molecule has 0 radical (unpaired) electrons. The SMILES string of the molecule is c1ccc(-c2cccc(-c3c(N(c4ccc(-c5ccccc5)c(-c5ccccc5)c4)c4ccc5c(c4)C(c4ccccc4)(c4ccccc4)c4ccccc4-5)c4ccccc4c4ccccc34)c2)cc1. The van der Waals surface area contributed by atoms with Crippen LogP contribution in [0.3, 0.4) is 0 Å². The van der Waals surface area contributed by atoms with E-state index in [2.05, 4.69) is 290 Å². The molecular weight excluding hydrogens is 843 g/mol. The highest BCUT2D eigenvalue weighted by Crippen LogP contribution is 2.58. The van der Waals surface area contributed by atoms with E-state index < -0.39 is 5.41 Å². The second-order valence-corrected chi connectivity index (χ2v) is 18.3. The van der Waals surface area contributed by atoms with Crippen LogP contribution in [0.15, 0.2) is 285 Å². The fourth-order valence-electron chi connectivity index (χ4n) is 11.5. The van der Waals surface area contributed by atoms with Gasteiger partial charge in [0.2, 0.25) is 0 Å². The number of fused-ring (bicyclic) bond motifs is 6. The first-order chi connectivity index (χ1) is 34.8. The minimum absolute atomic E-state index is 0.583. The minimum atomic E-state index is -0.583. The summed E-state index contributed by atoms with van der Waals surface area (Å²) in [5, 5.41) is 4.81. The lowest BCUT2D eigenvalue weighted by atomic mass is 9.67. The van der Waals surface area contributed by atoms with Crippen LogP contribution in [0.25, 0.3) is 77.2 Å². The molecule has 13 rings (SSSR count). The van der Waals surface area contributed by atoms with Gasteiger partial charge in [0.1, 0.15) is 0 Å². The quantitative estimate of drug-likeness (QED) is 0.131. The molecule has 0 amide bonds. The molecule has 0 atom stereocenters. The second-order valence-electron chi connectivity index (χ2n) is 18.3. The van der Waals surface area contributed by atoms with Crippen molar-refractivity contribution in [3.05, 3.63) is 307 Å². The van der Waals surface area contributed by atoms with Crippen LogP contribution < -0.4 is 4.90 Å². The molecule has 1 heteroatoms. The van der Waals surface area contributed by atoms with Crippen LogP contribution in [0, 0.1) is 0 Å². The predicted molar refractivity (Wildman–Crippen MR) is 295 cm³/mol. The van der Waals surface area contributed by atoms with E-state index >= 15 is 0 Å². The summed E-state index contributed by atoms with van der Waals surface area (Å²) in [7, 11) is 0. The minimum Gasteiger partial charge on any atom is -0.309 e. The van der Waals surface area contributed by atoms with Gasteiger partial charge in [0.15, 0.2) is 0 Å². The fourth-order valence-corrected chi connectivity index (χ4v) is 11.5. The number of benzene rings is 12. The van der Waals surface area contributed by atoms with Crippen molar-refractivity contribution in [2.75, 3.05) is 4.90 Å². The van der Waals surface area contributed by atoms with E-state index in [-0.39, 0.29) is 0 Å². The first-order valence-electron chi connectivity index (χ1n) is 24.3. The zero-order valence-electron chi connectivity index (χ0n) is 38.6. The highest BCUT2D eigenvalue weighted by molar-refractivity contribution is 6.22. The lowest BCUT2D eigenvalue weighted by Crippen LogP contribution is -2.28. The molecule has 0 aromatic heterocycles. The highest BCUT2D eigenvalue weighted by Gasteiger charge is 2.46. The maximum absolute atomic E-state index is 2.57. The molecule has 1 aliphatic rings. The van der Waals surface area contributed by atoms with Crippen LogP contribution in [0.4, 0.5) is 17.1 Å². The topological polar surface area (TPSA) is 3.24 Å². The van der Waals surface area contributed by atoms with E-state index in [1.807, 2.05) is 0 Å². The Balaban J connectivity index is 1.17. The summed E-state index contributed by atoms with van der Waals surface area (Å²) in [5.41, 5.74) is 19.6. The van der Waals surface area contributed by atoms with E-state index in [0.717, 1.165) is 22.6 Å². The summed E-state index contributed by atoms with van der Waals surface area (Å²) in [6.07, 6.45) is 0. The van der Waals surface area contributed by atoms with Gasteiger partial charge in [0.25, 0.3) is 0 Å². The molecule has 0 N–H and O–H groups in total. The largest absolute Gasteiger partial charge is 0.309 e. The van der Waals surface area contributed by atoms with Gasteiger partial charge in [-0.05, 0) is 119 Å². The Morgan fingerprint density at radius 1 is 0.243 bits per heavy atom. The van der Waals surface area contributed by atoms with Gasteiger partial charge < -0.3 is 4.90 Å². The first-order valence-corrected chi connectivity index (χ1v) is 24.3. The van der Waals surface area contributed by atoms with Crippen molar-refractivity contribution in [1.29, 1.82) is 0 Å². The van der Waals surface area contributed by atoms with Crippen LogP contribution in [0.5, 0.6) is 0 Å². The van der Waals surface area contributed by atoms with Crippen LogP contribution in [0.2, 0.25) is 0 Å². The van der Waals surface area contributed by atoms with E-state index in [1.54, 1.807) is 0 Å². The Morgan fingerprint density at radius 2 is 0.686 bits per heavy atom. The maximum atomic E-state index is 2.57. The van der Waals surface area contributed by atoms with Gasteiger partial charge in [-0.2, -0.15) is 0 Å². The van der Waals surface area contributed by atoms with Crippen molar-refractivity contribution < 1.29 is 0 Å². The fraction of sp³-hybridized carbons (Fsp3) is 0.0145. The Bertz CT molecular complexity index is 3820. The average molecular weight is 890 g/mol. The molecule has 328 valence electrons. The summed E-state index contributed by atoms with van der Waals surface area (Å²) >= 11 is 0. The molecule has 1 aliphatic carbocycles. The molecule has 0 unspecified atom stereocenters. The van der Waals surface area contributed by atoms with Gasteiger partial charge in [-0.1, -0.05) is 255 Å². The summed E-state index contributed by atoms with van der Waals surface area (Å²) in [6.45, 7) is 0. The Hall–Kier alpha value is -9.04. The van der Waals surface area contributed by atoms with Gasteiger partial charge in [-0.25, -0.2) is 0 Å². The van der Waals surface area contributed by atoms with Crippen LogP contribution in [0.1, 0.15) is 22.3 Å². The van der Waals surface area contributed by atoms with E-state index in [9.17, 15) is 0 Å². The Labute approximate surface area is 409 Å². The number of anilines is 3. The molecule has 0 fully saturated rings. The third-order valence-corrected chi connectivity index (χ3v) is 14.5. The van der Waals surface area contributed by atoms with Crippen molar-refractivity contribution in [3.63, 3.8) is 0 Å². The van der Waals surface area contributed by atoms with Crippen LogP contribution in [-0.4, -0.2) is 0 Å². The monoisotopic (exact) mass is 889 g/mol. The first kappa shape index (κ1) is 41.2. The molecule has 0 aliphatic heterocycles. The molecule has 0 saturated heterocycles. The maximum Gasteiger partial charge on any atom is 0.0714 e. The highest BCUT2D eigenvalue weighted by atomic mass is 15.1. The predicted octanol–water partition coefficient (Wildman–Crippen LogP) is 18.5. The van der Waals surface area contributed by atoms with Gasteiger partial charge in [0.05, 0.1) is 11.1 Å². The molecule has 70 heavy (non-hydrogen) atoms. The molecule has 1 nitrogen and oxygen atoms in total. The zero-order valence-corrected chi connectivity index (χ0v) is 38.6. The number of rotatable bonds is 9. The van der Waals surface area contributed by atoms with Crippen molar-refractivity contribution in [3.8, 4) is 55.6 Å². The zero-order chi connectivity index (χ0) is 46.4. The van der Waals surface area contributed by atoms with Crippen LogP contribution >= 0.6 is 0 Å². The van der Waals surface area contributed by atoms with Crippen LogP contribution in [-0.2, 0) is 5.41 Å². The van der Waals surface area contributed by atoms with Gasteiger partial charge in [-0.15, -0.1) is 0 Å². The molecule has 0 saturated carbocycles.